The second-order valence-electron chi connectivity index (χ2n) is 4.58. The summed E-state index contributed by atoms with van der Waals surface area (Å²) in [5.74, 6) is 0.577. The van der Waals surface area contributed by atoms with Crippen molar-refractivity contribution in [2.24, 2.45) is 0 Å². The monoisotopic (exact) mass is 317 g/mol. The van der Waals surface area contributed by atoms with Gasteiger partial charge in [0.2, 0.25) is 0 Å². The molecule has 1 aromatic carbocycles. The molecule has 1 N–H and O–H groups in total. The zero-order chi connectivity index (χ0) is 12.5. The van der Waals surface area contributed by atoms with Crippen molar-refractivity contribution in [3.63, 3.8) is 0 Å². The van der Waals surface area contributed by atoms with Crippen molar-refractivity contribution in [1.82, 2.24) is 0 Å². The molecule has 0 aromatic heterocycles. The predicted octanol–water partition coefficient (Wildman–Crippen LogP) is 2.75. The molecule has 0 amide bonds. The molecule has 1 aliphatic heterocycles. The van der Waals surface area contributed by atoms with E-state index in [-0.39, 0.29) is 11.8 Å². The van der Waals surface area contributed by atoms with Crippen molar-refractivity contribution in [3.05, 3.63) is 28.2 Å². The van der Waals surface area contributed by atoms with Crippen LogP contribution in [0.3, 0.4) is 0 Å². The molecule has 0 bridgehead atoms. The first kappa shape index (κ1) is 12.9. The molecule has 0 aliphatic carbocycles. The predicted molar refractivity (Wildman–Crippen MR) is 74.2 cm³/mol. The quantitative estimate of drug-likeness (QED) is 0.912. The van der Waals surface area contributed by atoms with Crippen molar-refractivity contribution in [1.29, 1.82) is 0 Å². The molecular weight excluding hydrogens is 302 g/mol. The normalized spacial score (nSPS) is 23.3. The van der Waals surface area contributed by atoms with Gasteiger partial charge >= 0.3 is 0 Å². The van der Waals surface area contributed by atoms with Crippen LogP contribution in [-0.2, 0) is 9.84 Å². The Morgan fingerprint density at radius 1 is 1.41 bits per heavy atom. The highest BCUT2D eigenvalue weighted by atomic mass is 79.9. The van der Waals surface area contributed by atoms with Gasteiger partial charge in [-0.25, -0.2) is 8.42 Å². The lowest BCUT2D eigenvalue weighted by molar-refractivity contribution is 0.562. The van der Waals surface area contributed by atoms with E-state index in [2.05, 4.69) is 21.2 Å². The summed E-state index contributed by atoms with van der Waals surface area (Å²) in [6.07, 6.45) is 1.67. The lowest BCUT2D eigenvalue weighted by Gasteiger charge is -2.24. The van der Waals surface area contributed by atoms with Gasteiger partial charge in [-0.05, 0) is 53.4 Å². The molecule has 1 saturated heterocycles. The molecule has 17 heavy (non-hydrogen) atoms. The van der Waals surface area contributed by atoms with Crippen molar-refractivity contribution < 1.29 is 8.42 Å². The molecule has 1 aromatic rings. The Morgan fingerprint density at radius 2 is 2.18 bits per heavy atom. The maximum absolute atomic E-state index is 11.5. The average molecular weight is 318 g/mol. The van der Waals surface area contributed by atoms with Gasteiger partial charge in [0.1, 0.15) is 0 Å². The minimum Gasteiger partial charge on any atom is -0.380 e. The van der Waals surface area contributed by atoms with E-state index in [1.165, 1.54) is 5.56 Å². The Morgan fingerprint density at radius 3 is 2.82 bits per heavy atom. The Labute approximate surface area is 111 Å². The van der Waals surface area contributed by atoms with Gasteiger partial charge in [-0.3, -0.25) is 0 Å². The van der Waals surface area contributed by atoms with Crippen LogP contribution in [0.15, 0.2) is 22.7 Å². The highest BCUT2D eigenvalue weighted by molar-refractivity contribution is 9.10. The number of aryl methyl sites for hydroxylation is 1. The van der Waals surface area contributed by atoms with E-state index in [0.29, 0.717) is 5.75 Å². The van der Waals surface area contributed by atoms with Gasteiger partial charge in [-0.1, -0.05) is 6.07 Å². The van der Waals surface area contributed by atoms with Crippen molar-refractivity contribution in [2.45, 2.75) is 25.8 Å². The van der Waals surface area contributed by atoms with Crippen LogP contribution in [0.4, 0.5) is 5.69 Å². The minimum atomic E-state index is -2.85. The SMILES string of the molecule is Cc1ccc(NC2CCCS(=O)(=O)C2)c(Br)c1. The summed E-state index contributed by atoms with van der Waals surface area (Å²) in [6.45, 7) is 2.03. The average Bonchev–Trinajstić information content (AvgIpc) is 2.21. The fourth-order valence-electron chi connectivity index (χ4n) is 2.09. The van der Waals surface area contributed by atoms with Crippen LogP contribution in [-0.4, -0.2) is 26.0 Å². The highest BCUT2D eigenvalue weighted by Crippen LogP contribution is 2.26. The van der Waals surface area contributed by atoms with E-state index in [1.807, 2.05) is 25.1 Å². The maximum atomic E-state index is 11.5. The second kappa shape index (κ2) is 4.98. The molecule has 0 saturated carbocycles. The molecule has 3 nitrogen and oxygen atoms in total. The number of benzene rings is 1. The molecular formula is C12H16BrNO2S. The van der Waals surface area contributed by atoms with Crippen LogP contribution < -0.4 is 5.32 Å². The maximum Gasteiger partial charge on any atom is 0.152 e. The molecule has 1 heterocycles. The van der Waals surface area contributed by atoms with Gasteiger partial charge < -0.3 is 5.32 Å². The second-order valence-corrected chi connectivity index (χ2v) is 7.66. The smallest absolute Gasteiger partial charge is 0.152 e. The molecule has 1 unspecified atom stereocenters. The summed E-state index contributed by atoms with van der Waals surface area (Å²) in [5.41, 5.74) is 2.15. The first-order chi connectivity index (χ1) is 7.96. The topological polar surface area (TPSA) is 46.2 Å². The Balaban J connectivity index is 2.10. The largest absolute Gasteiger partial charge is 0.380 e. The van der Waals surface area contributed by atoms with Crippen LogP contribution in [0.25, 0.3) is 0 Å². The van der Waals surface area contributed by atoms with E-state index in [9.17, 15) is 8.42 Å². The van der Waals surface area contributed by atoms with Crippen LogP contribution in [0.2, 0.25) is 0 Å². The fourth-order valence-corrected chi connectivity index (χ4v) is 4.34. The summed E-state index contributed by atoms with van der Waals surface area (Å²) in [5, 5.41) is 3.31. The number of anilines is 1. The van der Waals surface area contributed by atoms with Crippen molar-refractivity contribution >= 4 is 31.5 Å². The molecule has 1 atom stereocenters. The molecule has 0 radical (unpaired) electrons. The van der Waals surface area contributed by atoms with Crippen LogP contribution >= 0.6 is 15.9 Å². The van der Waals surface area contributed by atoms with E-state index in [4.69, 9.17) is 0 Å². The number of hydrogen-bond donors (Lipinski definition) is 1. The van der Waals surface area contributed by atoms with Crippen molar-refractivity contribution in [3.8, 4) is 0 Å². The first-order valence-electron chi connectivity index (χ1n) is 5.69. The number of nitrogens with one attached hydrogen (secondary N) is 1. The van der Waals surface area contributed by atoms with Gasteiger partial charge in [0.05, 0.1) is 11.5 Å². The summed E-state index contributed by atoms with van der Waals surface area (Å²) >= 11 is 3.49. The standard InChI is InChI=1S/C12H16BrNO2S/c1-9-4-5-12(11(13)7-9)14-10-3-2-6-17(15,16)8-10/h4-5,7,10,14H,2-3,6,8H2,1H3. The van der Waals surface area contributed by atoms with Crippen LogP contribution in [0.1, 0.15) is 18.4 Å². The van der Waals surface area contributed by atoms with Gasteiger partial charge in [0, 0.05) is 16.2 Å². The zero-order valence-corrected chi connectivity index (χ0v) is 12.1. The van der Waals surface area contributed by atoms with Crippen molar-refractivity contribution in [2.75, 3.05) is 16.8 Å². The summed E-state index contributed by atoms with van der Waals surface area (Å²) in [4.78, 5) is 0. The van der Waals surface area contributed by atoms with Crippen LogP contribution in [0, 0.1) is 6.92 Å². The molecule has 94 valence electrons. The number of hydrogen-bond acceptors (Lipinski definition) is 3. The van der Waals surface area contributed by atoms with Gasteiger partial charge in [-0.15, -0.1) is 0 Å². The molecule has 2 rings (SSSR count). The lowest BCUT2D eigenvalue weighted by Crippen LogP contribution is -2.34. The highest BCUT2D eigenvalue weighted by Gasteiger charge is 2.24. The first-order valence-corrected chi connectivity index (χ1v) is 8.31. The molecule has 0 spiro atoms. The van der Waals surface area contributed by atoms with E-state index < -0.39 is 9.84 Å². The molecule has 1 fully saturated rings. The summed E-state index contributed by atoms with van der Waals surface area (Å²) in [6, 6.07) is 6.07. The Bertz CT molecular complexity index is 513. The zero-order valence-electron chi connectivity index (χ0n) is 9.74. The fraction of sp³-hybridized carbons (Fsp3) is 0.500. The molecule has 5 heteroatoms. The lowest BCUT2D eigenvalue weighted by atomic mass is 10.1. The van der Waals surface area contributed by atoms with E-state index in [0.717, 1.165) is 23.0 Å². The summed E-state index contributed by atoms with van der Waals surface area (Å²) in [7, 11) is -2.85. The molecule has 1 aliphatic rings. The Hall–Kier alpha value is -0.550. The Kier molecular flexibility index (Phi) is 3.78. The number of rotatable bonds is 2. The third kappa shape index (κ3) is 3.45. The van der Waals surface area contributed by atoms with E-state index in [1.54, 1.807) is 0 Å². The summed E-state index contributed by atoms with van der Waals surface area (Å²) < 4.78 is 24.1. The third-order valence-corrected chi connectivity index (χ3v) is 5.42. The van der Waals surface area contributed by atoms with Crippen LogP contribution in [0.5, 0.6) is 0 Å². The number of sulfone groups is 1. The van der Waals surface area contributed by atoms with E-state index >= 15 is 0 Å². The van der Waals surface area contributed by atoms with Gasteiger partial charge in [-0.2, -0.15) is 0 Å². The minimum absolute atomic E-state index is 0.0350. The van der Waals surface area contributed by atoms with Gasteiger partial charge in [0.25, 0.3) is 0 Å². The third-order valence-electron chi connectivity index (χ3n) is 2.95. The number of halogens is 1. The van der Waals surface area contributed by atoms with Gasteiger partial charge in [0.15, 0.2) is 9.84 Å².